The lowest BCUT2D eigenvalue weighted by molar-refractivity contribution is 0.263. The van der Waals surface area contributed by atoms with Crippen molar-refractivity contribution in [1.29, 1.82) is 0 Å². The average molecular weight is 272 g/mol. The normalized spacial score (nSPS) is 17.1. The summed E-state index contributed by atoms with van der Waals surface area (Å²) >= 11 is 0. The summed E-state index contributed by atoms with van der Waals surface area (Å²) in [5.74, 6) is 0.568. The van der Waals surface area contributed by atoms with Crippen LogP contribution < -0.4 is 5.73 Å². The fraction of sp³-hybridized carbons (Fsp3) is 0.727. The minimum Gasteiger partial charge on any atom is -0.381 e. The lowest BCUT2D eigenvalue weighted by atomic mass is 9.86. The second-order valence-corrected chi connectivity index (χ2v) is 6.99. The number of sulfonamides is 1. The van der Waals surface area contributed by atoms with Crippen molar-refractivity contribution >= 4 is 15.8 Å². The second-order valence-electron chi connectivity index (χ2n) is 5.01. The van der Waals surface area contributed by atoms with Crippen LogP contribution in [0.1, 0.15) is 25.0 Å². The summed E-state index contributed by atoms with van der Waals surface area (Å²) in [5, 5.41) is 3.96. The molecule has 1 saturated carbocycles. The summed E-state index contributed by atoms with van der Waals surface area (Å²) in [6, 6.07) is 0. The van der Waals surface area contributed by atoms with Crippen LogP contribution >= 0.6 is 0 Å². The molecule has 1 fully saturated rings. The molecule has 2 rings (SSSR count). The molecule has 0 saturated heterocycles. The topological polar surface area (TPSA) is 81.2 Å². The Hall–Kier alpha value is -1.08. The molecule has 1 aromatic heterocycles. The molecular weight excluding hydrogens is 252 g/mol. The second kappa shape index (κ2) is 4.55. The van der Waals surface area contributed by atoms with Crippen LogP contribution in [0.5, 0.6) is 0 Å². The molecule has 0 unspecified atom stereocenters. The van der Waals surface area contributed by atoms with Gasteiger partial charge < -0.3 is 5.73 Å². The summed E-state index contributed by atoms with van der Waals surface area (Å²) < 4.78 is 27.8. The molecule has 6 nitrogen and oxygen atoms in total. The predicted molar refractivity (Wildman–Crippen MR) is 69.5 cm³/mol. The number of nitrogens with two attached hydrogens (primary N) is 1. The molecule has 1 aliphatic rings. The van der Waals surface area contributed by atoms with E-state index in [4.69, 9.17) is 5.73 Å². The lowest BCUT2D eigenvalue weighted by Gasteiger charge is -2.29. The quantitative estimate of drug-likeness (QED) is 0.876. The Kier molecular flexibility index (Phi) is 3.37. The molecule has 2 N–H and O–H groups in total. The van der Waals surface area contributed by atoms with E-state index in [0.29, 0.717) is 18.2 Å². The van der Waals surface area contributed by atoms with Crippen molar-refractivity contribution in [1.82, 2.24) is 14.1 Å². The van der Waals surface area contributed by atoms with Crippen LogP contribution in [0.25, 0.3) is 0 Å². The Morgan fingerprint density at radius 3 is 2.50 bits per heavy atom. The van der Waals surface area contributed by atoms with Crippen molar-refractivity contribution in [2.45, 2.75) is 31.1 Å². The number of rotatable bonds is 4. The lowest BCUT2D eigenvalue weighted by Crippen LogP contribution is -2.34. The zero-order valence-corrected chi connectivity index (χ0v) is 11.9. The third-order valence-electron chi connectivity index (χ3n) is 3.71. The maximum Gasteiger partial charge on any atom is 0.248 e. The first-order valence-electron chi connectivity index (χ1n) is 6.09. The van der Waals surface area contributed by atoms with Crippen molar-refractivity contribution in [2.75, 3.05) is 19.3 Å². The van der Waals surface area contributed by atoms with Crippen molar-refractivity contribution in [2.24, 2.45) is 13.0 Å². The summed E-state index contributed by atoms with van der Waals surface area (Å²) in [5.41, 5.74) is 6.28. The number of hydrogen-bond acceptors (Lipinski definition) is 4. The maximum atomic E-state index is 12.5. The Labute approximate surface area is 108 Å². The van der Waals surface area contributed by atoms with E-state index in [0.717, 1.165) is 12.8 Å². The van der Waals surface area contributed by atoms with Crippen molar-refractivity contribution in [3.8, 4) is 0 Å². The van der Waals surface area contributed by atoms with Gasteiger partial charge in [0, 0.05) is 20.6 Å². The molecule has 1 heterocycles. The van der Waals surface area contributed by atoms with E-state index < -0.39 is 10.0 Å². The first-order chi connectivity index (χ1) is 8.34. The zero-order valence-electron chi connectivity index (χ0n) is 11.0. The smallest absolute Gasteiger partial charge is 0.248 e. The molecule has 0 amide bonds. The van der Waals surface area contributed by atoms with Crippen LogP contribution in [0.2, 0.25) is 0 Å². The first kappa shape index (κ1) is 13.4. The molecule has 1 aliphatic carbocycles. The molecular formula is C11H20N4O2S. The average Bonchev–Trinajstić information content (AvgIpc) is 2.46. The highest BCUT2D eigenvalue weighted by atomic mass is 32.2. The molecule has 0 atom stereocenters. The van der Waals surface area contributed by atoms with Crippen LogP contribution in [-0.2, 0) is 17.1 Å². The fourth-order valence-corrected chi connectivity index (χ4v) is 3.76. The van der Waals surface area contributed by atoms with Crippen LogP contribution in [0.15, 0.2) is 4.90 Å². The molecule has 18 heavy (non-hydrogen) atoms. The zero-order chi connectivity index (χ0) is 13.5. The van der Waals surface area contributed by atoms with Gasteiger partial charge in [0.2, 0.25) is 10.0 Å². The highest BCUT2D eigenvalue weighted by Gasteiger charge is 2.31. The van der Waals surface area contributed by atoms with Gasteiger partial charge in [-0.15, -0.1) is 0 Å². The third-order valence-corrected chi connectivity index (χ3v) is 5.70. The van der Waals surface area contributed by atoms with Crippen LogP contribution in [-0.4, -0.2) is 36.1 Å². The summed E-state index contributed by atoms with van der Waals surface area (Å²) in [7, 11) is -0.224. The van der Waals surface area contributed by atoms with Crippen molar-refractivity contribution in [3.05, 3.63) is 5.69 Å². The van der Waals surface area contributed by atoms with Gasteiger partial charge >= 0.3 is 0 Å². The van der Waals surface area contributed by atoms with Gasteiger partial charge in [-0.2, -0.15) is 5.10 Å². The number of nitrogen functional groups attached to an aromatic ring is 1. The van der Waals surface area contributed by atoms with Crippen LogP contribution in [0, 0.1) is 12.8 Å². The molecule has 0 aliphatic heterocycles. The number of anilines is 1. The molecule has 0 radical (unpaired) electrons. The summed E-state index contributed by atoms with van der Waals surface area (Å²) in [6.07, 6.45) is 3.43. The van der Waals surface area contributed by atoms with Crippen LogP contribution in [0.3, 0.4) is 0 Å². The molecule has 0 bridgehead atoms. The SMILES string of the molecule is Cc1c(S(=O)(=O)N(C)CC2CCC2)c(N)nn1C. The molecule has 0 spiro atoms. The number of aromatic nitrogens is 2. The van der Waals surface area contributed by atoms with E-state index >= 15 is 0 Å². The van der Waals surface area contributed by atoms with Crippen molar-refractivity contribution < 1.29 is 8.42 Å². The minimum atomic E-state index is -3.53. The predicted octanol–water partition coefficient (Wildman–Crippen LogP) is 0.731. The molecule has 102 valence electrons. The standard InChI is InChI=1S/C11H20N4O2S/c1-8-10(11(12)13-15(8)3)18(16,17)14(2)7-9-5-4-6-9/h9H,4-7H2,1-3H3,(H2,12,13). The van der Waals surface area contributed by atoms with Gasteiger partial charge in [-0.1, -0.05) is 6.42 Å². The van der Waals surface area contributed by atoms with Gasteiger partial charge in [-0.25, -0.2) is 12.7 Å². The van der Waals surface area contributed by atoms with E-state index in [1.54, 1.807) is 21.0 Å². The minimum absolute atomic E-state index is 0.0791. The highest BCUT2D eigenvalue weighted by Crippen LogP contribution is 2.30. The van der Waals surface area contributed by atoms with E-state index in [1.165, 1.54) is 15.4 Å². The van der Waals surface area contributed by atoms with Gasteiger partial charge in [0.15, 0.2) is 5.82 Å². The molecule has 0 aromatic carbocycles. The Morgan fingerprint density at radius 2 is 2.11 bits per heavy atom. The number of aryl methyl sites for hydroxylation is 1. The summed E-state index contributed by atoms with van der Waals surface area (Å²) in [6.45, 7) is 2.28. The highest BCUT2D eigenvalue weighted by molar-refractivity contribution is 7.89. The molecule has 7 heteroatoms. The van der Waals surface area contributed by atoms with Gasteiger partial charge in [0.1, 0.15) is 4.90 Å². The largest absolute Gasteiger partial charge is 0.381 e. The Balaban J connectivity index is 2.29. The number of hydrogen-bond donors (Lipinski definition) is 1. The van der Waals surface area contributed by atoms with E-state index in [1.807, 2.05) is 0 Å². The maximum absolute atomic E-state index is 12.5. The monoisotopic (exact) mass is 272 g/mol. The number of nitrogens with zero attached hydrogens (tertiary/aromatic N) is 3. The van der Waals surface area contributed by atoms with E-state index in [2.05, 4.69) is 5.10 Å². The third kappa shape index (κ3) is 2.12. The summed E-state index contributed by atoms with van der Waals surface area (Å²) in [4.78, 5) is 0.145. The van der Waals surface area contributed by atoms with Crippen molar-refractivity contribution in [3.63, 3.8) is 0 Å². The van der Waals surface area contributed by atoms with Gasteiger partial charge in [-0.05, 0) is 25.7 Å². The first-order valence-corrected chi connectivity index (χ1v) is 7.53. The van der Waals surface area contributed by atoms with Crippen LogP contribution in [0.4, 0.5) is 5.82 Å². The Bertz CT molecular complexity index is 546. The van der Waals surface area contributed by atoms with Gasteiger partial charge in [-0.3, -0.25) is 4.68 Å². The van der Waals surface area contributed by atoms with Gasteiger partial charge in [0.05, 0.1) is 5.69 Å². The Morgan fingerprint density at radius 1 is 1.50 bits per heavy atom. The molecule has 1 aromatic rings. The van der Waals surface area contributed by atoms with Gasteiger partial charge in [0.25, 0.3) is 0 Å². The fourth-order valence-electron chi connectivity index (χ4n) is 2.23. The van der Waals surface area contributed by atoms with E-state index in [-0.39, 0.29) is 10.7 Å². The van der Waals surface area contributed by atoms with E-state index in [9.17, 15) is 8.42 Å².